The smallest absolute Gasteiger partial charge is 0.223 e. The zero-order valence-corrected chi connectivity index (χ0v) is 12.4. The van der Waals surface area contributed by atoms with Gasteiger partial charge in [-0.1, -0.05) is 32.1 Å². The van der Waals surface area contributed by atoms with E-state index in [0.717, 1.165) is 31.8 Å². The van der Waals surface area contributed by atoms with Gasteiger partial charge in [0, 0.05) is 18.5 Å². The fourth-order valence-electron chi connectivity index (χ4n) is 3.50. The van der Waals surface area contributed by atoms with Gasteiger partial charge in [0.25, 0.3) is 0 Å². The molecule has 0 aromatic rings. The predicted octanol–water partition coefficient (Wildman–Crippen LogP) is 2.85. The molecule has 1 heterocycles. The second-order valence-corrected chi connectivity index (χ2v) is 6.53. The predicted molar refractivity (Wildman–Crippen MR) is 79.0 cm³/mol. The summed E-state index contributed by atoms with van der Waals surface area (Å²) in [6.45, 7) is 4.08. The first-order valence-corrected chi connectivity index (χ1v) is 8.27. The van der Waals surface area contributed by atoms with Gasteiger partial charge in [0.15, 0.2) is 0 Å². The molecule has 2 N–H and O–H groups in total. The molecule has 0 bridgehead atoms. The minimum Gasteiger partial charge on any atom is -0.356 e. The summed E-state index contributed by atoms with van der Waals surface area (Å²) >= 11 is 0. The summed E-state index contributed by atoms with van der Waals surface area (Å²) in [5.74, 6) is 1.27. The molecule has 1 aliphatic heterocycles. The quantitative estimate of drug-likeness (QED) is 0.824. The topological polar surface area (TPSA) is 41.1 Å². The SMILES string of the molecule is C[C@H]1C[C@@H](C(=O)NCC2CCCCCCC2)CCN1. The first-order valence-electron chi connectivity index (χ1n) is 8.27. The molecule has 0 spiro atoms. The summed E-state index contributed by atoms with van der Waals surface area (Å²) in [7, 11) is 0. The van der Waals surface area contributed by atoms with Crippen molar-refractivity contribution in [1.29, 1.82) is 0 Å². The third kappa shape index (κ3) is 5.13. The maximum absolute atomic E-state index is 12.2. The maximum atomic E-state index is 12.2. The van der Waals surface area contributed by atoms with Crippen molar-refractivity contribution in [1.82, 2.24) is 10.6 Å². The number of carbonyl (C=O) groups excluding carboxylic acids is 1. The zero-order valence-electron chi connectivity index (χ0n) is 12.4. The molecule has 2 rings (SSSR count). The van der Waals surface area contributed by atoms with Gasteiger partial charge in [-0.25, -0.2) is 0 Å². The van der Waals surface area contributed by atoms with E-state index in [4.69, 9.17) is 0 Å². The Morgan fingerprint density at radius 3 is 2.47 bits per heavy atom. The molecule has 1 amide bonds. The van der Waals surface area contributed by atoms with E-state index in [9.17, 15) is 4.79 Å². The molecule has 2 atom stereocenters. The van der Waals surface area contributed by atoms with E-state index in [1.807, 2.05) is 0 Å². The van der Waals surface area contributed by atoms with Crippen LogP contribution in [-0.2, 0) is 4.79 Å². The molecule has 1 aliphatic carbocycles. The standard InChI is InChI=1S/C16H30N2O/c1-13-11-15(9-10-17-13)16(19)18-12-14-7-5-3-2-4-6-8-14/h13-15,17H,2-12H2,1H3,(H,18,19)/t13-,15-/m0/s1. The Bertz CT molecular complexity index is 272. The molecule has 2 aliphatic rings. The third-order valence-electron chi connectivity index (χ3n) is 4.78. The highest BCUT2D eigenvalue weighted by atomic mass is 16.1. The number of hydrogen-bond acceptors (Lipinski definition) is 2. The molecule has 19 heavy (non-hydrogen) atoms. The average Bonchev–Trinajstić information content (AvgIpc) is 2.37. The summed E-state index contributed by atoms with van der Waals surface area (Å²) in [5.41, 5.74) is 0. The normalized spacial score (nSPS) is 30.4. The number of nitrogens with one attached hydrogen (secondary N) is 2. The number of amides is 1. The Kier molecular flexibility index (Phi) is 6.15. The van der Waals surface area contributed by atoms with Gasteiger partial charge in [-0.15, -0.1) is 0 Å². The van der Waals surface area contributed by atoms with Gasteiger partial charge < -0.3 is 10.6 Å². The minimum atomic E-state index is 0.241. The Morgan fingerprint density at radius 1 is 1.11 bits per heavy atom. The van der Waals surface area contributed by atoms with Crippen LogP contribution in [0.4, 0.5) is 0 Å². The lowest BCUT2D eigenvalue weighted by Gasteiger charge is -2.28. The van der Waals surface area contributed by atoms with E-state index < -0.39 is 0 Å². The molecule has 3 heteroatoms. The molecule has 0 radical (unpaired) electrons. The van der Waals surface area contributed by atoms with Crippen molar-refractivity contribution < 1.29 is 4.79 Å². The third-order valence-corrected chi connectivity index (χ3v) is 4.78. The van der Waals surface area contributed by atoms with Gasteiger partial charge in [-0.3, -0.25) is 4.79 Å². The zero-order chi connectivity index (χ0) is 13.5. The second kappa shape index (κ2) is 7.88. The van der Waals surface area contributed by atoms with Crippen molar-refractivity contribution in [2.45, 2.75) is 70.8 Å². The van der Waals surface area contributed by atoms with Crippen molar-refractivity contribution in [2.24, 2.45) is 11.8 Å². The molecule has 0 aromatic heterocycles. The van der Waals surface area contributed by atoms with Gasteiger partial charge in [-0.2, -0.15) is 0 Å². The Balaban J connectivity index is 1.69. The van der Waals surface area contributed by atoms with Crippen LogP contribution in [0.1, 0.15) is 64.7 Å². The molecular weight excluding hydrogens is 236 g/mol. The highest BCUT2D eigenvalue weighted by Gasteiger charge is 2.25. The maximum Gasteiger partial charge on any atom is 0.223 e. The second-order valence-electron chi connectivity index (χ2n) is 6.53. The van der Waals surface area contributed by atoms with E-state index in [0.29, 0.717) is 11.9 Å². The summed E-state index contributed by atoms with van der Waals surface area (Å²) < 4.78 is 0. The molecular formula is C16H30N2O. The van der Waals surface area contributed by atoms with Gasteiger partial charge >= 0.3 is 0 Å². The molecule has 2 fully saturated rings. The highest BCUT2D eigenvalue weighted by Crippen LogP contribution is 2.22. The first-order chi connectivity index (χ1) is 9.25. The lowest BCUT2D eigenvalue weighted by molar-refractivity contribution is -0.126. The first kappa shape index (κ1) is 14.8. The number of rotatable bonds is 3. The van der Waals surface area contributed by atoms with Crippen LogP contribution >= 0.6 is 0 Å². The summed E-state index contributed by atoms with van der Waals surface area (Å²) in [6.07, 6.45) is 11.5. The Labute approximate surface area is 117 Å². The van der Waals surface area contributed by atoms with Crippen molar-refractivity contribution in [3.05, 3.63) is 0 Å². The largest absolute Gasteiger partial charge is 0.356 e. The molecule has 1 saturated carbocycles. The summed E-state index contributed by atoms with van der Waals surface area (Å²) in [5, 5.41) is 6.63. The van der Waals surface area contributed by atoms with Crippen molar-refractivity contribution in [3.8, 4) is 0 Å². The van der Waals surface area contributed by atoms with Crippen LogP contribution in [-0.4, -0.2) is 25.0 Å². The number of hydrogen-bond donors (Lipinski definition) is 2. The van der Waals surface area contributed by atoms with Crippen LogP contribution in [0.2, 0.25) is 0 Å². The van der Waals surface area contributed by atoms with Crippen LogP contribution < -0.4 is 10.6 Å². The van der Waals surface area contributed by atoms with Crippen LogP contribution in [0.25, 0.3) is 0 Å². The minimum absolute atomic E-state index is 0.241. The Morgan fingerprint density at radius 2 is 1.79 bits per heavy atom. The molecule has 1 saturated heterocycles. The summed E-state index contributed by atoms with van der Waals surface area (Å²) in [6, 6.07) is 0.492. The van der Waals surface area contributed by atoms with Crippen molar-refractivity contribution in [3.63, 3.8) is 0 Å². The lowest BCUT2D eigenvalue weighted by Crippen LogP contribution is -2.43. The van der Waals surface area contributed by atoms with Crippen molar-refractivity contribution >= 4 is 5.91 Å². The van der Waals surface area contributed by atoms with Crippen LogP contribution in [0, 0.1) is 11.8 Å². The molecule has 110 valence electrons. The molecule has 0 unspecified atom stereocenters. The number of carbonyl (C=O) groups is 1. The van der Waals surface area contributed by atoms with E-state index in [2.05, 4.69) is 17.6 Å². The van der Waals surface area contributed by atoms with Crippen molar-refractivity contribution in [2.75, 3.05) is 13.1 Å². The molecule has 0 aromatic carbocycles. The van der Waals surface area contributed by atoms with Crippen LogP contribution in [0.5, 0.6) is 0 Å². The average molecular weight is 266 g/mol. The van der Waals surface area contributed by atoms with Gasteiger partial charge in [-0.05, 0) is 45.1 Å². The molecule has 3 nitrogen and oxygen atoms in total. The van der Waals surface area contributed by atoms with Gasteiger partial charge in [0.05, 0.1) is 0 Å². The fraction of sp³-hybridized carbons (Fsp3) is 0.938. The number of piperidine rings is 1. The van der Waals surface area contributed by atoms with E-state index >= 15 is 0 Å². The highest BCUT2D eigenvalue weighted by molar-refractivity contribution is 5.78. The lowest BCUT2D eigenvalue weighted by atomic mass is 9.90. The Hall–Kier alpha value is -0.570. The monoisotopic (exact) mass is 266 g/mol. The van der Waals surface area contributed by atoms with Crippen LogP contribution in [0.3, 0.4) is 0 Å². The van der Waals surface area contributed by atoms with E-state index in [1.54, 1.807) is 0 Å². The van der Waals surface area contributed by atoms with E-state index in [1.165, 1.54) is 44.9 Å². The van der Waals surface area contributed by atoms with E-state index in [-0.39, 0.29) is 5.92 Å². The van der Waals surface area contributed by atoms with Gasteiger partial charge in [0.2, 0.25) is 5.91 Å². The van der Waals surface area contributed by atoms with Crippen LogP contribution in [0.15, 0.2) is 0 Å². The van der Waals surface area contributed by atoms with Gasteiger partial charge in [0.1, 0.15) is 0 Å². The summed E-state index contributed by atoms with van der Waals surface area (Å²) in [4.78, 5) is 12.2. The fourth-order valence-corrected chi connectivity index (χ4v) is 3.50.